The topological polar surface area (TPSA) is 61.4 Å². The summed E-state index contributed by atoms with van der Waals surface area (Å²) < 4.78 is 0. The van der Waals surface area contributed by atoms with Crippen molar-refractivity contribution in [2.24, 2.45) is 5.92 Å². The van der Waals surface area contributed by atoms with Gasteiger partial charge < -0.3 is 10.2 Å². The van der Waals surface area contributed by atoms with E-state index in [1.165, 1.54) is 24.8 Å². The zero-order valence-corrected chi connectivity index (χ0v) is 18.5. The van der Waals surface area contributed by atoms with Gasteiger partial charge in [-0.25, -0.2) is 9.97 Å². The number of likely N-dealkylation sites (tertiary alicyclic amines) is 1. The van der Waals surface area contributed by atoms with E-state index >= 15 is 0 Å². The van der Waals surface area contributed by atoms with Crippen LogP contribution in [0.15, 0.2) is 42.6 Å². The molecule has 3 aliphatic rings. The second-order valence-electron chi connectivity index (χ2n) is 9.77. The van der Waals surface area contributed by atoms with Crippen LogP contribution in [0.3, 0.4) is 0 Å². The van der Waals surface area contributed by atoms with Crippen LogP contribution in [-0.4, -0.2) is 52.5 Å². The molecule has 6 heteroatoms. The minimum Gasteiger partial charge on any atom is -0.351 e. The first-order valence-corrected chi connectivity index (χ1v) is 11.8. The molecule has 3 heterocycles. The van der Waals surface area contributed by atoms with Crippen LogP contribution in [0.1, 0.15) is 56.2 Å². The Morgan fingerprint density at radius 1 is 1.10 bits per heavy atom. The minimum absolute atomic E-state index is 0.0269. The molecule has 0 bridgehead atoms. The number of nitrogens with one attached hydrogen (secondary N) is 1. The lowest BCUT2D eigenvalue weighted by molar-refractivity contribution is -0.127. The van der Waals surface area contributed by atoms with E-state index in [4.69, 9.17) is 4.98 Å². The summed E-state index contributed by atoms with van der Waals surface area (Å²) in [6, 6.07) is 12.5. The predicted molar refractivity (Wildman–Crippen MR) is 122 cm³/mol. The van der Waals surface area contributed by atoms with Crippen molar-refractivity contribution in [2.75, 3.05) is 31.1 Å². The van der Waals surface area contributed by atoms with Crippen LogP contribution < -0.4 is 10.2 Å². The molecule has 1 N–H and O–H groups in total. The lowest BCUT2D eigenvalue weighted by atomic mass is 9.78. The number of benzene rings is 1. The van der Waals surface area contributed by atoms with E-state index < -0.39 is 0 Å². The van der Waals surface area contributed by atoms with Crippen LogP contribution in [-0.2, 0) is 11.3 Å². The van der Waals surface area contributed by atoms with Gasteiger partial charge in [0.05, 0.1) is 11.6 Å². The number of carbonyl (C=O) groups is 1. The summed E-state index contributed by atoms with van der Waals surface area (Å²) in [5.41, 5.74) is 2.26. The Hall–Kier alpha value is -2.47. The number of anilines is 1. The minimum atomic E-state index is -0.0811. The average Bonchev–Trinajstić information content (AvgIpc) is 3.44. The molecule has 1 aromatic carbocycles. The fourth-order valence-corrected chi connectivity index (χ4v) is 5.28. The van der Waals surface area contributed by atoms with Gasteiger partial charge in [-0.1, -0.05) is 30.3 Å². The highest BCUT2D eigenvalue weighted by Crippen LogP contribution is 2.36. The number of rotatable bonds is 6. The van der Waals surface area contributed by atoms with E-state index in [1.807, 2.05) is 18.3 Å². The van der Waals surface area contributed by atoms with E-state index in [2.05, 4.69) is 51.3 Å². The standard InChI is InChI=1S/C25H33N5O/c1-25(11-7-12-25)28-23(31)21-18-29(16-19-8-3-2-4-9-19)17-20(21)22-10-13-26-24(27-22)30-14-5-6-15-30/h2-4,8-10,13,20-21H,5-7,11-12,14-18H2,1H3,(H,28,31)/t20-,21-/m0/s1. The van der Waals surface area contributed by atoms with Crippen LogP contribution in [0, 0.1) is 5.92 Å². The summed E-state index contributed by atoms with van der Waals surface area (Å²) >= 11 is 0. The first-order chi connectivity index (χ1) is 15.1. The summed E-state index contributed by atoms with van der Waals surface area (Å²) in [6.07, 6.45) is 7.64. The van der Waals surface area contributed by atoms with Gasteiger partial charge in [-0.05, 0) is 50.7 Å². The van der Waals surface area contributed by atoms with Gasteiger partial charge in [0.2, 0.25) is 11.9 Å². The molecule has 1 amide bonds. The molecule has 5 rings (SSSR count). The number of carbonyl (C=O) groups excluding carboxylic acids is 1. The molecular formula is C25H33N5O. The molecular weight excluding hydrogens is 386 g/mol. The normalized spacial score (nSPS) is 25.4. The Kier molecular flexibility index (Phi) is 5.65. The third-order valence-electron chi connectivity index (χ3n) is 7.30. The molecule has 1 aromatic heterocycles. The molecule has 2 saturated heterocycles. The van der Waals surface area contributed by atoms with Gasteiger partial charge >= 0.3 is 0 Å². The quantitative estimate of drug-likeness (QED) is 0.778. The Labute approximate surface area is 185 Å². The molecule has 3 fully saturated rings. The van der Waals surface area contributed by atoms with Crippen LogP contribution in [0.5, 0.6) is 0 Å². The summed E-state index contributed by atoms with van der Waals surface area (Å²) in [5.74, 6) is 1.02. The fourth-order valence-electron chi connectivity index (χ4n) is 5.28. The van der Waals surface area contributed by atoms with Gasteiger partial charge in [0.25, 0.3) is 0 Å². The second kappa shape index (κ2) is 8.58. The van der Waals surface area contributed by atoms with Crippen molar-refractivity contribution in [1.82, 2.24) is 20.2 Å². The molecule has 2 aromatic rings. The molecule has 1 saturated carbocycles. The molecule has 2 atom stereocenters. The highest BCUT2D eigenvalue weighted by atomic mass is 16.2. The average molecular weight is 420 g/mol. The number of aromatic nitrogens is 2. The van der Waals surface area contributed by atoms with Crippen LogP contribution in [0.25, 0.3) is 0 Å². The third kappa shape index (κ3) is 4.45. The summed E-state index contributed by atoms with van der Waals surface area (Å²) in [7, 11) is 0. The van der Waals surface area contributed by atoms with Crippen LogP contribution >= 0.6 is 0 Å². The Morgan fingerprint density at radius 2 is 1.87 bits per heavy atom. The van der Waals surface area contributed by atoms with Crippen LogP contribution in [0.4, 0.5) is 5.95 Å². The maximum atomic E-state index is 13.4. The van der Waals surface area contributed by atoms with Crippen molar-refractivity contribution in [1.29, 1.82) is 0 Å². The molecule has 2 aliphatic heterocycles. The van der Waals surface area contributed by atoms with Crippen molar-refractivity contribution in [3.05, 3.63) is 53.9 Å². The number of nitrogens with zero attached hydrogens (tertiary/aromatic N) is 4. The largest absolute Gasteiger partial charge is 0.351 e. The summed E-state index contributed by atoms with van der Waals surface area (Å²) in [5, 5.41) is 3.37. The smallest absolute Gasteiger partial charge is 0.225 e. The van der Waals surface area contributed by atoms with Gasteiger partial charge in [0.15, 0.2) is 0 Å². The lowest BCUT2D eigenvalue weighted by Crippen LogP contribution is -2.53. The fraction of sp³-hybridized carbons (Fsp3) is 0.560. The second-order valence-corrected chi connectivity index (χ2v) is 9.77. The maximum Gasteiger partial charge on any atom is 0.225 e. The van der Waals surface area contributed by atoms with Crippen molar-refractivity contribution >= 4 is 11.9 Å². The van der Waals surface area contributed by atoms with E-state index in [9.17, 15) is 4.79 Å². The van der Waals surface area contributed by atoms with E-state index in [1.54, 1.807) is 0 Å². The highest BCUT2D eigenvalue weighted by molar-refractivity contribution is 5.81. The zero-order valence-electron chi connectivity index (χ0n) is 18.5. The molecule has 164 valence electrons. The third-order valence-corrected chi connectivity index (χ3v) is 7.30. The van der Waals surface area contributed by atoms with E-state index in [-0.39, 0.29) is 23.3 Å². The van der Waals surface area contributed by atoms with Gasteiger partial charge in [-0.2, -0.15) is 0 Å². The molecule has 0 spiro atoms. The van der Waals surface area contributed by atoms with Crippen LogP contribution in [0.2, 0.25) is 0 Å². The van der Waals surface area contributed by atoms with Crippen molar-refractivity contribution in [3.63, 3.8) is 0 Å². The monoisotopic (exact) mass is 419 g/mol. The summed E-state index contributed by atoms with van der Waals surface area (Å²) in [6.45, 7) is 6.70. The van der Waals surface area contributed by atoms with Crippen molar-refractivity contribution in [2.45, 2.75) is 57.0 Å². The Morgan fingerprint density at radius 3 is 2.58 bits per heavy atom. The number of amides is 1. The zero-order chi connectivity index (χ0) is 21.3. The number of hydrogen-bond acceptors (Lipinski definition) is 5. The molecule has 0 radical (unpaired) electrons. The molecule has 1 aliphatic carbocycles. The lowest BCUT2D eigenvalue weighted by Gasteiger charge is -2.40. The van der Waals surface area contributed by atoms with E-state index in [0.717, 1.165) is 57.2 Å². The SMILES string of the molecule is CC1(NC(=O)[C@H]2CN(Cc3ccccc3)C[C@@H]2c2ccnc(N3CCCC3)n2)CCC1. The van der Waals surface area contributed by atoms with Crippen molar-refractivity contribution in [3.8, 4) is 0 Å². The first kappa shape index (κ1) is 20.4. The predicted octanol–water partition coefficient (Wildman–Crippen LogP) is 3.35. The van der Waals surface area contributed by atoms with Gasteiger partial charge in [0, 0.05) is 50.4 Å². The molecule has 0 unspecified atom stereocenters. The molecule has 6 nitrogen and oxygen atoms in total. The number of hydrogen-bond donors (Lipinski definition) is 1. The van der Waals surface area contributed by atoms with Gasteiger partial charge in [0.1, 0.15) is 0 Å². The Bertz CT molecular complexity index is 907. The highest BCUT2D eigenvalue weighted by Gasteiger charge is 2.42. The van der Waals surface area contributed by atoms with Crippen molar-refractivity contribution < 1.29 is 4.79 Å². The summed E-state index contributed by atoms with van der Waals surface area (Å²) in [4.78, 5) is 27.5. The van der Waals surface area contributed by atoms with Gasteiger partial charge in [-0.15, -0.1) is 0 Å². The van der Waals surface area contributed by atoms with Gasteiger partial charge in [-0.3, -0.25) is 9.69 Å². The van der Waals surface area contributed by atoms with E-state index in [0.29, 0.717) is 0 Å². The maximum absolute atomic E-state index is 13.4. The first-order valence-electron chi connectivity index (χ1n) is 11.8. The Balaban J connectivity index is 1.38. The molecule has 31 heavy (non-hydrogen) atoms.